The van der Waals surface area contributed by atoms with Gasteiger partial charge in [-0.3, -0.25) is 4.79 Å². The summed E-state index contributed by atoms with van der Waals surface area (Å²) in [5, 5.41) is 14.1. The molecule has 0 radical (unpaired) electrons. The van der Waals surface area contributed by atoms with Crippen molar-refractivity contribution < 1.29 is 9.90 Å². The first-order chi connectivity index (χ1) is 5.79. The molecule has 2 N–H and O–H groups in total. The Bertz CT molecular complexity index is 236. The quantitative estimate of drug-likeness (QED) is 0.683. The minimum absolute atomic E-state index is 0.207. The first-order valence-electron chi connectivity index (χ1n) is 3.64. The molecule has 1 aromatic rings. The van der Waals surface area contributed by atoms with E-state index in [-0.39, 0.29) is 6.42 Å². The van der Waals surface area contributed by atoms with E-state index in [2.05, 4.69) is 10.3 Å². The number of nitrogens with zero attached hydrogens (tertiary/aromatic N) is 1. The zero-order valence-electron chi connectivity index (χ0n) is 6.49. The van der Waals surface area contributed by atoms with Crippen LogP contribution in [0, 0.1) is 0 Å². The van der Waals surface area contributed by atoms with Gasteiger partial charge in [0.25, 0.3) is 0 Å². The fraction of sp³-hybridized carbons (Fsp3) is 0.429. The van der Waals surface area contributed by atoms with E-state index in [0.29, 0.717) is 13.0 Å². The Balaban J connectivity index is 2.07. The topological polar surface area (TPSA) is 62.2 Å². The number of aliphatic carboxylic acids is 1. The molecule has 0 bridgehead atoms. The molecule has 1 aromatic heterocycles. The molecule has 0 aromatic carbocycles. The Morgan fingerprint density at radius 2 is 2.58 bits per heavy atom. The Morgan fingerprint density at radius 3 is 3.17 bits per heavy atom. The molecule has 0 unspecified atom stereocenters. The van der Waals surface area contributed by atoms with Gasteiger partial charge in [-0.15, -0.1) is 11.3 Å². The molecule has 4 nitrogen and oxygen atoms in total. The third-order valence-corrected chi connectivity index (χ3v) is 2.01. The van der Waals surface area contributed by atoms with Gasteiger partial charge in [0.05, 0.1) is 0 Å². The second kappa shape index (κ2) is 4.71. The van der Waals surface area contributed by atoms with Gasteiger partial charge >= 0.3 is 5.97 Å². The van der Waals surface area contributed by atoms with Crippen LogP contribution in [0.25, 0.3) is 0 Å². The molecule has 0 saturated carbocycles. The predicted molar refractivity (Wildman–Crippen MR) is 47.5 cm³/mol. The van der Waals surface area contributed by atoms with Crippen molar-refractivity contribution in [1.29, 1.82) is 0 Å². The number of thiazole rings is 1. The molecule has 0 aliphatic heterocycles. The molecule has 0 aliphatic carbocycles. The van der Waals surface area contributed by atoms with E-state index in [0.717, 1.165) is 5.13 Å². The van der Waals surface area contributed by atoms with Gasteiger partial charge in [-0.2, -0.15) is 0 Å². The number of carbonyl (C=O) groups is 1. The van der Waals surface area contributed by atoms with Crippen LogP contribution in [-0.4, -0.2) is 22.6 Å². The molecular weight excluding hydrogens is 176 g/mol. The molecule has 0 amide bonds. The summed E-state index contributed by atoms with van der Waals surface area (Å²) in [4.78, 5) is 14.1. The van der Waals surface area contributed by atoms with Crippen LogP contribution in [0.3, 0.4) is 0 Å². The largest absolute Gasteiger partial charge is 0.481 e. The monoisotopic (exact) mass is 186 g/mol. The predicted octanol–water partition coefficient (Wildman–Crippen LogP) is 1.42. The number of aromatic nitrogens is 1. The smallest absolute Gasteiger partial charge is 0.303 e. The first-order valence-corrected chi connectivity index (χ1v) is 4.52. The molecule has 1 heterocycles. The number of nitrogens with one attached hydrogen (secondary N) is 1. The SMILES string of the molecule is O=C(O)CCCNc1nccs1. The Hall–Kier alpha value is -1.10. The summed E-state index contributed by atoms with van der Waals surface area (Å²) in [6.07, 6.45) is 2.55. The summed E-state index contributed by atoms with van der Waals surface area (Å²) in [6.45, 7) is 0.666. The van der Waals surface area contributed by atoms with Crippen LogP contribution in [0.1, 0.15) is 12.8 Å². The summed E-state index contributed by atoms with van der Waals surface area (Å²) >= 11 is 1.51. The zero-order chi connectivity index (χ0) is 8.81. The molecule has 0 fully saturated rings. The van der Waals surface area contributed by atoms with E-state index in [1.54, 1.807) is 6.20 Å². The maximum Gasteiger partial charge on any atom is 0.303 e. The van der Waals surface area contributed by atoms with E-state index in [1.165, 1.54) is 11.3 Å². The highest BCUT2D eigenvalue weighted by Crippen LogP contribution is 2.09. The van der Waals surface area contributed by atoms with Crippen molar-refractivity contribution in [3.05, 3.63) is 11.6 Å². The van der Waals surface area contributed by atoms with Crippen molar-refractivity contribution >= 4 is 22.4 Å². The lowest BCUT2D eigenvalue weighted by atomic mass is 10.3. The molecule has 0 atom stereocenters. The molecule has 0 spiro atoms. The third-order valence-electron chi connectivity index (χ3n) is 1.28. The van der Waals surface area contributed by atoms with Crippen molar-refractivity contribution in [2.24, 2.45) is 0 Å². The molecule has 1 rings (SSSR count). The van der Waals surface area contributed by atoms with Crippen LogP contribution in [0.4, 0.5) is 5.13 Å². The summed E-state index contributed by atoms with van der Waals surface area (Å²) < 4.78 is 0. The maximum absolute atomic E-state index is 10.1. The fourth-order valence-electron chi connectivity index (χ4n) is 0.746. The van der Waals surface area contributed by atoms with Gasteiger partial charge in [-0.05, 0) is 6.42 Å². The average Bonchev–Trinajstić information content (AvgIpc) is 2.49. The highest BCUT2D eigenvalue weighted by Gasteiger charge is 1.96. The lowest BCUT2D eigenvalue weighted by Gasteiger charge is -1.98. The molecule has 12 heavy (non-hydrogen) atoms. The van der Waals surface area contributed by atoms with Gasteiger partial charge in [0.1, 0.15) is 0 Å². The summed E-state index contributed by atoms with van der Waals surface area (Å²) in [5.74, 6) is -0.754. The minimum Gasteiger partial charge on any atom is -0.481 e. The van der Waals surface area contributed by atoms with E-state index in [1.807, 2.05) is 5.38 Å². The summed E-state index contributed by atoms with van der Waals surface area (Å²) in [6, 6.07) is 0. The van der Waals surface area contributed by atoms with Crippen LogP contribution >= 0.6 is 11.3 Å². The van der Waals surface area contributed by atoms with E-state index in [4.69, 9.17) is 5.11 Å². The van der Waals surface area contributed by atoms with E-state index in [9.17, 15) is 4.79 Å². The van der Waals surface area contributed by atoms with Gasteiger partial charge in [0.2, 0.25) is 0 Å². The summed E-state index contributed by atoms with van der Waals surface area (Å²) in [5.41, 5.74) is 0. The zero-order valence-corrected chi connectivity index (χ0v) is 7.30. The van der Waals surface area contributed by atoms with Crippen LogP contribution in [0.2, 0.25) is 0 Å². The lowest BCUT2D eigenvalue weighted by Crippen LogP contribution is -2.04. The lowest BCUT2D eigenvalue weighted by molar-refractivity contribution is -0.137. The summed E-state index contributed by atoms with van der Waals surface area (Å²) in [7, 11) is 0. The van der Waals surface area contributed by atoms with Gasteiger partial charge < -0.3 is 10.4 Å². The number of carboxylic acids is 1. The minimum atomic E-state index is -0.754. The number of carboxylic acid groups (broad SMARTS) is 1. The molecule has 0 saturated heterocycles. The number of anilines is 1. The second-order valence-corrected chi connectivity index (χ2v) is 3.16. The fourth-order valence-corrected chi connectivity index (χ4v) is 1.30. The number of hydrogen-bond donors (Lipinski definition) is 2. The number of hydrogen-bond acceptors (Lipinski definition) is 4. The van der Waals surface area contributed by atoms with Crippen molar-refractivity contribution in [3.63, 3.8) is 0 Å². The van der Waals surface area contributed by atoms with Crippen LogP contribution in [0.5, 0.6) is 0 Å². The highest BCUT2D eigenvalue weighted by molar-refractivity contribution is 7.13. The number of rotatable bonds is 5. The van der Waals surface area contributed by atoms with Gasteiger partial charge in [0.15, 0.2) is 5.13 Å². The second-order valence-electron chi connectivity index (χ2n) is 2.26. The van der Waals surface area contributed by atoms with Crippen LogP contribution in [-0.2, 0) is 4.79 Å². The van der Waals surface area contributed by atoms with Gasteiger partial charge in [0, 0.05) is 24.5 Å². The van der Waals surface area contributed by atoms with Crippen molar-refractivity contribution in [2.45, 2.75) is 12.8 Å². The normalized spacial score (nSPS) is 9.67. The highest BCUT2D eigenvalue weighted by atomic mass is 32.1. The Labute approximate surface area is 74.3 Å². The van der Waals surface area contributed by atoms with Gasteiger partial charge in [-0.25, -0.2) is 4.98 Å². The van der Waals surface area contributed by atoms with Crippen molar-refractivity contribution in [2.75, 3.05) is 11.9 Å². The average molecular weight is 186 g/mol. The van der Waals surface area contributed by atoms with Crippen molar-refractivity contribution in [3.8, 4) is 0 Å². The first kappa shape index (κ1) is 8.99. The van der Waals surface area contributed by atoms with E-state index < -0.39 is 5.97 Å². The molecule has 66 valence electrons. The van der Waals surface area contributed by atoms with E-state index >= 15 is 0 Å². The maximum atomic E-state index is 10.1. The molecular formula is C7H10N2O2S. The standard InChI is InChI=1S/C7H10N2O2S/c10-6(11)2-1-3-8-7-9-4-5-12-7/h4-5H,1-3H2,(H,8,9)(H,10,11). The van der Waals surface area contributed by atoms with Crippen LogP contribution in [0.15, 0.2) is 11.6 Å². The van der Waals surface area contributed by atoms with Crippen molar-refractivity contribution in [1.82, 2.24) is 4.98 Å². The third kappa shape index (κ3) is 3.34. The Morgan fingerprint density at radius 1 is 1.75 bits per heavy atom. The van der Waals surface area contributed by atoms with Crippen LogP contribution < -0.4 is 5.32 Å². The Kier molecular flexibility index (Phi) is 3.53. The van der Waals surface area contributed by atoms with Gasteiger partial charge in [-0.1, -0.05) is 0 Å². The molecule has 5 heteroatoms. The molecule has 0 aliphatic rings.